The molecular weight excluding hydrogens is 290 g/mol. The first-order valence-electron chi connectivity index (χ1n) is 7.93. The van der Waals surface area contributed by atoms with Crippen molar-refractivity contribution in [1.29, 1.82) is 0 Å². The van der Waals surface area contributed by atoms with Crippen molar-refractivity contribution in [3.63, 3.8) is 0 Å². The number of phenolic OH excluding ortho intramolecular Hbond substituents is 1. The van der Waals surface area contributed by atoms with Gasteiger partial charge in [0.25, 0.3) is 0 Å². The number of hydrogen-bond donors (Lipinski definition) is 2. The molecule has 2 N–H and O–H groups in total. The van der Waals surface area contributed by atoms with E-state index in [4.69, 9.17) is 0 Å². The molecule has 0 aliphatic carbocycles. The first-order valence-corrected chi connectivity index (χ1v) is 7.93. The Labute approximate surface area is 137 Å². The highest BCUT2D eigenvalue weighted by Crippen LogP contribution is 2.23. The number of aryl methyl sites for hydroxylation is 1. The zero-order chi connectivity index (χ0) is 16.8. The number of nitrogens with zero attached hydrogens (tertiary/aromatic N) is 3. The topological polar surface area (TPSA) is 61.0 Å². The smallest absolute Gasteiger partial charge is 0.126 e. The van der Waals surface area contributed by atoms with Crippen LogP contribution in [0.25, 0.3) is 0 Å². The van der Waals surface area contributed by atoms with Crippen molar-refractivity contribution in [2.75, 3.05) is 24.5 Å². The summed E-state index contributed by atoms with van der Waals surface area (Å²) in [5.74, 6) is 0.200. The van der Waals surface area contributed by atoms with E-state index in [2.05, 4.69) is 23.7 Å². The third-order valence-corrected chi connectivity index (χ3v) is 3.98. The quantitative estimate of drug-likeness (QED) is 0.772. The van der Waals surface area contributed by atoms with E-state index in [0.29, 0.717) is 5.56 Å². The van der Waals surface area contributed by atoms with Gasteiger partial charge in [-0.3, -0.25) is 4.99 Å². The van der Waals surface area contributed by atoms with Gasteiger partial charge in [0.05, 0.1) is 6.54 Å². The molecule has 124 valence electrons. The van der Waals surface area contributed by atoms with Crippen LogP contribution in [-0.2, 0) is 7.05 Å². The minimum Gasteiger partial charge on any atom is -0.507 e. The van der Waals surface area contributed by atoms with Crippen molar-refractivity contribution >= 4 is 11.9 Å². The second-order valence-corrected chi connectivity index (χ2v) is 5.47. The molecule has 0 aliphatic rings. The van der Waals surface area contributed by atoms with Gasteiger partial charge in [-0.1, -0.05) is 0 Å². The number of rotatable bonds is 7. The normalized spacial score (nSPS) is 12.7. The number of phenols is 1. The van der Waals surface area contributed by atoms with Gasteiger partial charge in [-0.05, 0) is 38.1 Å². The van der Waals surface area contributed by atoms with Crippen LogP contribution < -0.4 is 4.90 Å². The summed E-state index contributed by atoms with van der Waals surface area (Å²) in [4.78, 5) is 6.42. The molecule has 0 saturated heterocycles. The zero-order valence-electron chi connectivity index (χ0n) is 14.0. The Balaban J connectivity index is 2.04. The van der Waals surface area contributed by atoms with Crippen molar-refractivity contribution < 1.29 is 10.2 Å². The second-order valence-electron chi connectivity index (χ2n) is 5.47. The van der Waals surface area contributed by atoms with Gasteiger partial charge in [0.15, 0.2) is 0 Å². The first kappa shape index (κ1) is 17.1. The lowest BCUT2D eigenvalue weighted by atomic mass is 10.1. The minimum atomic E-state index is -0.650. The molecule has 1 unspecified atom stereocenters. The third kappa shape index (κ3) is 4.13. The summed E-state index contributed by atoms with van der Waals surface area (Å²) < 4.78 is 1.87. The number of aromatic nitrogens is 1. The van der Waals surface area contributed by atoms with Crippen molar-refractivity contribution in [3.05, 3.63) is 47.8 Å². The average molecular weight is 315 g/mol. The van der Waals surface area contributed by atoms with E-state index in [1.807, 2.05) is 42.1 Å². The van der Waals surface area contributed by atoms with Gasteiger partial charge in [0, 0.05) is 55.6 Å². The number of aliphatic hydroxyl groups is 1. The van der Waals surface area contributed by atoms with Crippen LogP contribution in [-0.4, -0.2) is 40.6 Å². The van der Waals surface area contributed by atoms with Gasteiger partial charge in [0.1, 0.15) is 11.9 Å². The Morgan fingerprint density at radius 2 is 2.00 bits per heavy atom. The molecule has 1 atom stereocenters. The average Bonchev–Trinajstić information content (AvgIpc) is 2.96. The molecule has 0 saturated carbocycles. The predicted octanol–water partition coefficient (Wildman–Crippen LogP) is 2.73. The summed E-state index contributed by atoms with van der Waals surface area (Å²) in [5.41, 5.74) is 2.47. The van der Waals surface area contributed by atoms with Crippen molar-refractivity contribution in [3.8, 4) is 5.75 Å². The van der Waals surface area contributed by atoms with Gasteiger partial charge in [-0.2, -0.15) is 0 Å². The van der Waals surface area contributed by atoms with Crippen LogP contribution in [0, 0.1) is 0 Å². The molecule has 0 fully saturated rings. The van der Waals surface area contributed by atoms with Crippen molar-refractivity contribution in [2.24, 2.45) is 12.0 Å². The summed E-state index contributed by atoms with van der Waals surface area (Å²) in [7, 11) is 1.89. The van der Waals surface area contributed by atoms with Crippen LogP contribution in [0.15, 0.2) is 41.5 Å². The van der Waals surface area contributed by atoms with Gasteiger partial charge in [-0.15, -0.1) is 0 Å². The van der Waals surface area contributed by atoms with E-state index in [-0.39, 0.29) is 12.3 Å². The molecule has 23 heavy (non-hydrogen) atoms. The van der Waals surface area contributed by atoms with Crippen LogP contribution in [0.4, 0.5) is 5.69 Å². The molecular formula is C18H25N3O2. The third-order valence-electron chi connectivity index (χ3n) is 3.98. The van der Waals surface area contributed by atoms with Gasteiger partial charge in [-0.25, -0.2) is 0 Å². The largest absolute Gasteiger partial charge is 0.507 e. The molecule has 1 heterocycles. The SMILES string of the molecule is CCN(CC)c1ccc(C=NCC(O)c2cccn2C)c(O)c1. The molecule has 0 bridgehead atoms. The maximum Gasteiger partial charge on any atom is 0.126 e. The van der Waals surface area contributed by atoms with Crippen LogP contribution in [0.2, 0.25) is 0 Å². The molecule has 5 heteroatoms. The fraction of sp³-hybridized carbons (Fsp3) is 0.389. The molecule has 0 aliphatic heterocycles. The molecule has 0 radical (unpaired) electrons. The van der Waals surface area contributed by atoms with E-state index < -0.39 is 6.10 Å². The fourth-order valence-corrected chi connectivity index (χ4v) is 2.59. The van der Waals surface area contributed by atoms with Crippen LogP contribution in [0.5, 0.6) is 5.75 Å². The lowest BCUT2D eigenvalue weighted by molar-refractivity contribution is 0.179. The molecule has 1 aromatic heterocycles. The molecule has 5 nitrogen and oxygen atoms in total. The molecule has 0 spiro atoms. The highest BCUT2D eigenvalue weighted by molar-refractivity contribution is 5.84. The van der Waals surface area contributed by atoms with E-state index in [9.17, 15) is 10.2 Å². The Morgan fingerprint density at radius 3 is 2.57 bits per heavy atom. The van der Waals surface area contributed by atoms with Crippen LogP contribution >= 0.6 is 0 Å². The Kier molecular flexibility index (Phi) is 5.82. The summed E-state index contributed by atoms with van der Waals surface area (Å²) in [6, 6.07) is 9.33. The molecule has 2 aromatic rings. The fourth-order valence-electron chi connectivity index (χ4n) is 2.59. The van der Waals surface area contributed by atoms with Gasteiger partial charge >= 0.3 is 0 Å². The Hall–Kier alpha value is -2.27. The standard InChI is InChI=1S/C18H25N3O2/c1-4-21(5-2)15-9-8-14(17(22)11-15)12-19-13-18(23)16-7-6-10-20(16)3/h6-12,18,22-23H,4-5,13H2,1-3H3. The van der Waals surface area contributed by atoms with Gasteiger partial charge < -0.3 is 19.7 Å². The minimum absolute atomic E-state index is 0.200. The number of aliphatic imine (C=N–C) groups is 1. The number of aromatic hydroxyl groups is 1. The summed E-state index contributed by atoms with van der Waals surface area (Å²) in [6.07, 6.45) is 2.84. The maximum absolute atomic E-state index is 10.1. The predicted molar refractivity (Wildman–Crippen MR) is 94.5 cm³/mol. The lowest BCUT2D eigenvalue weighted by Crippen LogP contribution is -2.21. The summed E-state index contributed by atoms with van der Waals surface area (Å²) in [6.45, 7) is 6.22. The Bertz CT molecular complexity index is 660. The molecule has 2 rings (SSSR count). The van der Waals surface area contributed by atoms with E-state index in [1.54, 1.807) is 12.3 Å². The zero-order valence-corrected chi connectivity index (χ0v) is 14.0. The highest BCUT2D eigenvalue weighted by atomic mass is 16.3. The number of aliphatic hydroxyl groups excluding tert-OH is 1. The van der Waals surface area contributed by atoms with Gasteiger partial charge in [0.2, 0.25) is 0 Å². The van der Waals surface area contributed by atoms with E-state index in [0.717, 1.165) is 24.5 Å². The number of benzene rings is 1. The summed E-state index contributed by atoms with van der Waals surface area (Å²) >= 11 is 0. The number of hydrogen-bond acceptors (Lipinski definition) is 4. The van der Waals surface area contributed by atoms with Crippen LogP contribution in [0.3, 0.4) is 0 Å². The maximum atomic E-state index is 10.1. The number of anilines is 1. The lowest BCUT2D eigenvalue weighted by Gasteiger charge is -2.21. The van der Waals surface area contributed by atoms with Crippen molar-refractivity contribution in [1.82, 2.24) is 4.57 Å². The summed E-state index contributed by atoms with van der Waals surface area (Å²) in [5, 5.41) is 20.3. The Morgan fingerprint density at radius 1 is 1.26 bits per heavy atom. The highest BCUT2D eigenvalue weighted by Gasteiger charge is 2.09. The van der Waals surface area contributed by atoms with Crippen molar-refractivity contribution in [2.45, 2.75) is 20.0 Å². The van der Waals surface area contributed by atoms with E-state index >= 15 is 0 Å². The van der Waals surface area contributed by atoms with Crippen LogP contribution in [0.1, 0.15) is 31.2 Å². The first-order chi connectivity index (χ1) is 11.1. The monoisotopic (exact) mass is 315 g/mol. The molecule has 0 amide bonds. The van der Waals surface area contributed by atoms with E-state index in [1.165, 1.54) is 0 Å². The second kappa shape index (κ2) is 7.83. The molecule has 1 aromatic carbocycles.